The van der Waals surface area contributed by atoms with Gasteiger partial charge in [-0.2, -0.15) is 0 Å². The maximum Gasteiger partial charge on any atom is 0.153 e. The van der Waals surface area contributed by atoms with Gasteiger partial charge in [0.1, 0.15) is 0 Å². The third kappa shape index (κ3) is 6.90. The molecule has 0 aliphatic heterocycles. The minimum Gasteiger partial charge on any atom is -0.313 e. The average Bonchev–Trinajstić information content (AvgIpc) is 2.14. The molecule has 3 nitrogen and oxygen atoms in total. The third-order valence-corrected chi connectivity index (χ3v) is 4.80. The van der Waals surface area contributed by atoms with E-state index < -0.39 is 9.84 Å². The second-order valence-corrected chi connectivity index (χ2v) is 7.09. The quantitative estimate of drug-likeness (QED) is 0.700. The fraction of sp³-hybridized carbons (Fsp3) is 1.00. The Bertz CT molecular complexity index is 247. The van der Waals surface area contributed by atoms with Crippen LogP contribution in [0.2, 0.25) is 0 Å². The van der Waals surface area contributed by atoms with Crippen LogP contribution in [0.4, 0.5) is 0 Å². The Morgan fingerprint density at radius 1 is 1.20 bits per heavy atom. The Balaban J connectivity index is 3.70. The summed E-state index contributed by atoms with van der Waals surface area (Å²) < 4.78 is 23.0. The van der Waals surface area contributed by atoms with Crippen LogP contribution in [-0.2, 0) is 9.84 Å². The molecule has 0 radical (unpaired) electrons. The number of unbranched alkanes of at least 4 members (excludes halogenated alkanes) is 1. The summed E-state index contributed by atoms with van der Waals surface area (Å²) in [6.45, 7) is 8.31. The van der Waals surface area contributed by atoms with Crippen LogP contribution in [0.1, 0.15) is 47.0 Å². The van der Waals surface area contributed by atoms with E-state index in [-0.39, 0.29) is 11.0 Å². The fourth-order valence-electron chi connectivity index (χ4n) is 1.30. The Morgan fingerprint density at radius 2 is 1.80 bits per heavy atom. The van der Waals surface area contributed by atoms with Gasteiger partial charge in [0, 0.05) is 12.6 Å². The molecule has 0 fully saturated rings. The molecule has 0 saturated carbocycles. The zero-order chi connectivity index (χ0) is 11.9. The molecule has 0 heterocycles. The van der Waals surface area contributed by atoms with Gasteiger partial charge in [-0.25, -0.2) is 8.42 Å². The molecule has 0 aromatic heterocycles. The van der Waals surface area contributed by atoms with E-state index >= 15 is 0 Å². The molecule has 0 aromatic carbocycles. The van der Waals surface area contributed by atoms with Gasteiger partial charge in [-0.3, -0.25) is 0 Å². The van der Waals surface area contributed by atoms with E-state index in [1.807, 2.05) is 0 Å². The molecular formula is C11H25NO2S. The fourth-order valence-corrected chi connectivity index (χ4v) is 2.17. The van der Waals surface area contributed by atoms with Gasteiger partial charge in [0.2, 0.25) is 0 Å². The van der Waals surface area contributed by atoms with E-state index in [1.54, 1.807) is 13.8 Å². The zero-order valence-electron chi connectivity index (χ0n) is 10.4. The van der Waals surface area contributed by atoms with Crippen LogP contribution in [0, 0.1) is 0 Å². The van der Waals surface area contributed by atoms with Crippen molar-refractivity contribution in [3.63, 3.8) is 0 Å². The predicted octanol–water partition coefficient (Wildman–Crippen LogP) is 1.98. The van der Waals surface area contributed by atoms with Gasteiger partial charge in [0.25, 0.3) is 0 Å². The SMILES string of the molecule is CCCCC(C)NCCS(=O)(=O)C(C)C. The van der Waals surface area contributed by atoms with Crippen LogP contribution in [0.3, 0.4) is 0 Å². The van der Waals surface area contributed by atoms with Crippen LogP contribution in [0.15, 0.2) is 0 Å². The lowest BCUT2D eigenvalue weighted by Gasteiger charge is -2.14. The van der Waals surface area contributed by atoms with Gasteiger partial charge in [-0.1, -0.05) is 19.8 Å². The Hall–Kier alpha value is -0.0900. The normalized spacial score (nSPS) is 14.5. The van der Waals surface area contributed by atoms with Gasteiger partial charge in [-0.15, -0.1) is 0 Å². The molecule has 0 amide bonds. The molecule has 0 saturated heterocycles. The van der Waals surface area contributed by atoms with Crippen LogP contribution < -0.4 is 5.32 Å². The van der Waals surface area contributed by atoms with Crippen LogP contribution in [-0.4, -0.2) is 32.0 Å². The molecule has 0 spiro atoms. The van der Waals surface area contributed by atoms with E-state index in [0.717, 1.165) is 6.42 Å². The first-order valence-corrected chi connectivity index (χ1v) is 7.56. The molecule has 1 unspecified atom stereocenters. The van der Waals surface area contributed by atoms with Crippen molar-refractivity contribution in [2.75, 3.05) is 12.3 Å². The smallest absolute Gasteiger partial charge is 0.153 e. The van der Waals surface area contributed by atoms with Gasteiger partial charge in [0.05, 0.1) is 11.0 Å². The van der Waals surface area contributed by atoms with Crippen molar-refractivity contribution in [2.24, 2.45) is 0 Å². The predicted molar refractivity (Wildman–Crippen MR) is 65.9 cm³/mol. The number of hydrogen-bond donors (Lipinski definition) is 1. The Morgan fingerprint density at radius 3 is 2.27 bits per heavy atom. The zero-order valence-corrected chi connectivity index (χ0v) is 11.2. The summed E-state index contributed by atoms with van der Waals surface area (Å²) >= 11 is 0. The van der Waals surface area contributed by atoms with E-state index in [9.17, 15) is 8.42 Å². The highest BCUT2D eigenvalue weighted by molar-refractivity contribution is 7.92. The summed E-state index contributed by atoms with van der Waals surface area (Å²) in [6.07, 6.45) is 3.51. The Kier molecular flexibility index (Phi) is 7.18. The number of rotatable bonds is 8. The van der Waals surface area contributed by atoms with Gasteiger partial charge < -0.3 is 5.32 Å². The molecule has 1 atom stereocenters. The highest BCUT2D eigenvalue weighted by atomic mass is 32.2. The van der Waals surface area contributed by atoms with E-state index in [4.69, 9.17) is 0 Å². The molecular weight excluding hydrogens is 210 g/mol. The monoisotopic (exact) mass is 235 g/mol. The van der Waals surface area contributed by atoms with Crippen LogP contribution >= 0.6 is 0 Å². The lowest BCUT2D eigenvalue weighted by Crippen LogP contribution is -2.32. The molecule has 92 valence electrons. The van der Waals surface area contributed by atoms with Crippen molar-refractivity contribution in [1.82, 2.24) is 5.32 Å². The number of hydrogen-bond acceptors (Lipinski definition) is 3. The lowest BCUT2D eigenvalue weighted by molar-refractivity contribution is 0.506. The van der Waals surface area contributed by atoms with Crippen molar-refractivity contribution >= 4 is 9.84 Å². The second-order valence-electron chi connectivity index (χ2n) is 4.41. The highest BCUT2D eigenvalue weighted by Crippen LogP contribution is 2.01. The van der Waals surface area contributed by atoms with Crippen molar-refractivity contribution in [1.29, 1.82) is 0 Å². The lowest BCUT2D eigenvalue weighted by atomic mass is 10.1. The van der Waals surface area contributed by atoms with Crippen molar-refractivity contribution in [3.05, 3.63) is 0 Å². The van der Waals surface area contributed by atoms with E-state index in [0.29, 0.717) is 12.6 Å². The molecule has 0 rings (SSSR count). The standard InChI is InChI=1S/C11H25NO2S/c1-5-6-7-11(4)12-8-9-15(13,14)10(2)3/h10-12H,5-9H2,1-4H3. The summed E-state index contributed by atoms with van der Waals surface area (Å²) in [7, 11) is -2.88. The summed E-state index contributed by atoms with van der Waals surface area (Å²) in [6, 6.07) is 0.423. The number of nitrogens with one attached hydrogen (secondary N) is 1. The van der Waals surface area contributed by atoms with Gasteiger partial charge in [-0.05, 0) is 27.2 Å². The summed E-state index contributed by atoms with van der Waals surface area (Å²) in [5.41, 5.74) is 0. The van der Waals surface area contributed by atoms with Crippen molar-refractivity contribution < 1.29 is 8.42 Å². The first-order chi connectivity index (χ1) is 6.90. The maximum atomic E-state index is 11.5. The minimum atomic E-state index is -2.88. The molecule has 15 heavy (non-hydrogen) atoms. The number of sulfone groups is 1. The second kappa shape index (κ2) is 7.23. The highest BCUT2D eigenvalue weighted by Gasteiger charge is 2.15. The Labute approximate surface area is 94.6 Å². The first kappa shape index (κ1) is 14.9. The molecule has 0 aliphatic rings. The third-order valence-electron chi connectivity index (χ3n) is 2.59. The molecule has 0 aliphatic carbocycles. The maximum absolute atomic E-state index is 11.5. The topological polar surface area (TPSA) is 46.2 Å². The van der Waals surface area contributed by atoms with Crippen LogP contribution in [0.25, 0.3) is 0 Å². The van der Waals surface area contributed by atoms with Crippen molar-refractivity contribution in [3.8, 4) is 0 Å². The summed E-state index contributed by atoms with van der Waals surface area (Å²) in [5, 5.41) is 2.99. The summed E-state index contributed by atoms with van der Waals surface area (Å²) in [5.74, 6) is 0.251. The van der Waals surface area contributed by atoms with Gasteiger partial charge >= 0.3 is 0 Å². The molecule has 0 bridgehead atoms. The van der Waals surface area contributed by atoms with Gasteiger partial charge in [0.15, 0.2) is 9.84 Å². The van der Waals surface area contributed by atoms with E-state index in [1.165, 1.54) is 12.8 Å². The van der Waals surface area contributed by atoms with E-state index in [2.05, 4.69) is 19.2 Å². The van der Waals surface area contributed by atoms with Crippen molar-refractivity contribution in [2.45, 2.75) is 58.2 Å². The molecule has 0 aromatic rings. The summed E-state index contributed by atoms with van der Waals surface area (Å²) in [4.78, 5) is 0. The van der Waals surface area contributed by atoms with Crippen LogP contribution in [0.5, 0.6) is 0 Å². The average molecular weight is 235 g/mol. The largest absolute Gasteiger partial charge is 0.313 e. The molecule has 1 N–H and O–H groups in total. The first-order valence-electron chi connectivity index (χ1n) is 5.85. The minimum absolute atomic E-state index is 0.251. The molecule has 4 heteroatoms.